The van der Waals surface area contributed by atoms with Crippen molar-refractivity contribution in [3.8, 4) is 0 Å². The summed E-state index contributed by atoms with van der Waals surface area (Å²) in [5.41, 5.74) is 2.28. The van der Waals surface area contributed by atoms with Gasteiger partial charge in [-0.15, -0.1) is 12.4 Å². The molecule has 1 unspecified atom stereocenters. The number of amides is 2. The lowest BCUT2D eigenvalue weighted by Gasteiger charge is -2.14. The predicted octanol–water partition coefficient (Wildman–Crippen LogP) is 2.10. The smallest absolute Gasteiger partial charge is 0.251 e. The summed E-state index contributed by atoms with van der Waals surface area (Å²) >= 11 is 0. The van der Waals surface area contributed by atoms with Crippen molar-refractivity contribution in [2.45, 2.75) is 33.2 Å². The molecule has 6 heteroatoms. The molecule has 0 radical (unpaired) electrons. The van der Waals surface area contributed by atoms with Crippen LogP contribution in [0.4, 0.5) is 5.69 Å². The first kappa shape index (κ1) is 18.5. The van der Waals surface area contributed by atoms with E-state index in [1.54, 1.807) is 18.2 Å². The van der Waals surface area contributed by atoms with Gasteiger partial charge in [0.2, 0.25) is 5.91 Å². The van der Waals surface area contributed by atoms with Gasteiger partial charge in [-0.25, -0.2) is 0 Å². The van der Waals surface area contributed by atoms with Gasteiger partial charge in [0, 0.05) is 23.8 Å². The molecule has 1 fully saturated rings. The van der Waals surface area contributed by atoms with Crippen molar-refractivity contribution in [2.24, 2.45) is 5.92 Å². The molecule has 0 bridgehead atoms. The first-order chi connectivity index (χ1) is 9.97. The number of benzene rings is 1. The van der Waals surface area contributed by atoms with Gasteiger partial charge in [-0.05, 0) is 57.5 Å². The number of carbonyl (C=O) groups excluding carboxylic acids is 2. The van der Waals surface area contributed by atoms with Crippen molar-refractivity contribution in [3.63, 3.8) is 0 Å². The van der Waals surface area contributed by atoms with Crippen LogP contribution in [0.25, 0.3) is 0 Å². The van der Waals surface area contributed by atoms with Crippen molar-refractivity contribution < 1.29 is 9.59 Å². The van der Waals surface area contributed by atoms with E-state index in [4.69, 9.17) is 0 Å². The molecule has 1 aromatic carbocycles. The topological polar surface area (TPSA) is 70.2 Å². The van der Waals surface area contributed by atoms with Crippen LogP contribution in [0.3, 0.4) is 0 Å². The lowest BCUT2D eigenvalue weighted by molar-refractivity contribution is -0.119. The molecule has 0 saturated carbocycles. The van der Waals surface area contributed by atoms with Crippen LogP contribution in [-0.4, -0.2) is 30.9 Å². The zero-order valence-corrected chi connectivity index (χ0v) is 14.0. The van der Waals surface area contributed by atoms with E-state index in [1.165, 1.54) is 0 Å². The third-order valence-corrected chi connectivity index (χ3v) is 3.60. The van der Waals surface area contributed by atoms with Crippen LogP contribution in [0.1, 0.15) is 36.2 Å². The Bertz CT molecular complexity index is 540. The summed E-state index contributed by atoms with van der Waals surface area (Å²) in [6.45, 7) is 7.38. The lowest BCUT2D eigenvalue weighted by atomic mass is 10.1. The average Bonchev–Trinajstić information content (AvgIpc) is 2.94. The van der Waals surface area contributed by atoms with Crippen molar-refractivity contribution in [1.82, 2.24) is 10.6 Å². The molecule has 1 atom stereocenters. The largest absolute Gasteiger partial charge is 0.350 e. The molecule has 1 saturated heterocycles. The zero-order valence-electron chi connectivity index (χ0n) is 13.2. The van der Waals surface area contributed by atoms with Crippen LogP contribution < -0.4 is 16.0 Å². The van der Waals surface area contributed by atoms with Crippen LogP contribution >= 0.6 is 12.4 Å². The number of carbonyl (C=O) groups is 2. The summed E-state index contributed by atoms with van der Waals surface area (Å²) in [6, 6.07) is 5.45. The maximum atomic E-state index is 12.1. The molecule has 1 aliphatic heterocycles. The van der Waals surface area contributed by atoms with Crippen molar-refractivity contribution in [3.05, 3.63) is 29.3 Å². The molecular formula is C16H24ClN3O2. The Morgan fingerprint density at radius 3 is 2.59 bits per heavy atom. The van der Waals surface area contributed by atoms with Gasteiger partial charge >= 0.3 is 0 Å². The molecule has 3 N–H and O–H groups in total. The highest BCUT2D eigenvalue weighted by Crippen LogP contribution is 2.19. The first-order valence-electron chi connectivity index (χ1n) is 7.40. The van der Waals surface area contributed by atoms with Crippen LogP contribution in [0, 0.1) is 12.8 Å². The Morgan fingerprint density at radius 2 is 2.05 bits per heavy atom. The van der Waals surface area contributed by atoms with E-state index in [2.05, 4.69) is 16.0 Å². The highest BCUT2D eigenvalue weighted by atomic mass is 35.5. The van der Waals surface area contributed by atoms with Gasteiger partial charge in [-0.2, -0.15) is 0 Å². The molecule has 22 heavy (non-hydrogen) atoms. The van der Waals surface area contributed by atoms with Gasteiger partial charge in [0.15, 0.2) is 0 Å². The highest BCUT2D eigenvalue weighted by Gasteiger charge is 2.22. The lowest BCUT2D eigenvalue weighted by Crippen LogP contribution is -2.30. The summed E-state index contributed by atoms with van der Waals surface area (Å²) in [7, 11) is 0. The van der Waals surface area contributed by atoms with Crippen LogP contribution in [0.15, 0.2) is 18.2 Å². The third-order valence-electron chi connectivity index (χ3n) is 3.60. The van der Waals surface area contributed by atoms with Gasteiger partial charge in [-0.1, -0.05) is 0 Å². The van der Waals surface area contributed by atoms with E-state index in [0.717, 1.165) is 30.8 Å². The Kier molecular flexibility index (Phi) is 6.84. The van der Waals surface area contributed by atoms with E-state index < -0.39 is 0 Å². The summed E-state index contributed by atoms with van der Waals surface area (Å²) in [6.07, 6.45) is 0.875. The minimum Gasteiger partial charge on any atom is -0.350 e. The van der Waals surface area contributed by atoms with Crippen LogP contribution in [-0.2, 0) is 4.79 Å². The number of hydrogen-bond donors (Lipinski definition) is 3. The molecule has 1 heterocycles. The molecule has 0 aromatic heterocycles. The van der Waals surface area contributed by atoms with Gasteiger partial charge in [0.05, 0.1) is 5.92 Å². The van der Waals surface area contributed by atoms with Gasteiger partial charge < -0.3 is 16.0 Å². The average molecular weight is 326 g/mol. The summed E-state index contributed by atoms with van der Waals surface area (Å²) in [5, 5.41) is 8.99. The van der Waals surface area contributed by atoms with E-state index in [9.17, 15) is 9.59 Å². The van der Waals surface area contributed by atoms with Crippen molar-refractivity contribution in [1.29, 1.82) is 0 Å². The Labute approximate surface area is 137 Å². The molecular weight excluding hydrogens is 302 g/mol. The van der Waals surface area contributed by atoms with E-state index in [1.807, 2.05) is 20.8 Å². The fraction of sp³-hybridized carbons (Fsp3) is 0.500. The molecule has 2 rings (SSSR count). The second-order valence-electron chi connectivity index (χ2n) is 5.84. The molecule has 1 aliphatic rings. The fourth-order valence-electron chi connectivity index (χ4n) is 2.40. The molecule has 122 valence electrons. The van der Waals surface area contributed by atoms with E-state index in [-0.39, 0.29) is 36.2 Å². The van der Waals surface area contributed by atoms with Crippen LogP contribution in [0.5, 0.6) is 0 Å². The summed E-state index contributed by atoms with van der Waals surface area (Å²) in [5.74, 6) is -0.0123. The van der Waals surface area contributed by atoms with E-state index in [0.29, 0.717) is 5.56 Å². The predicted molar refractivity (Wildman–Crippen MR) is 90.6 cm³/mol. The minimum atomic E-state index is -0.0917. The number of halogens is 1. The summed E-state index contributed by atoms with van der Waals surface area (Å²) in [4.78, 5) is 24.0. The van der Waals surface area contributed by atoms with Crippen molar-refractivity contribution in [2.75, 3.05) is 18.4 Å². The first-order valence-corrected chi connectivity index (χ1v) is 7.40. The SMILES string of the molecule is Cc1cc(C(=O)NC(C)C)ccc1NC(=O)C1CCNC1.Cl. The van der Waals surface area contributed by atoms with E-state index >= 15 is 0 Å². The maximum absolute atomic E-state index is 12.1. The van der Waals surface area contributed by atoms with Gasteiger partial charge in [0.25, 0.3) is 5.91 Å². The fourth-order valence-corrected chi connectivity index (χ4v) is 2.40. The summed E-state index contributed by atoms with van der Waals surface area (Å²) < 4.78 is 0. The monoisotopic (exact) mass is 325 g/mol. The second kappa shape index (κ2) is 8.15. The number of hydrogen-bond acceptors (Lipinski definition) is 3. The van der Waals surface area contributed by atoms with Gasteiger partial charge in [-0.3, -0.25) is 9.59 Å². The molecule has 0 spiro atoms. The normalized spacial score (nSPS) is 17.0. The Morgan fingerprint density at radius 1 is 1.32 bits per heavy atom. The number of anilines is 1. The standard InChI is InChI=1S/C16H23N3O2.ClH/c1-10(2)18-15(20)12-4-5-14(11(3)8-12)19-16(21)13-6-7-17-9-13;/h4-5,8,10,13,17H,6-7,9H2,1-3H3,(H,18,20)(H,19,21);1H. The zero-order chi connectivity index (χ0) is 15.4. The van der Waals surface area contributed by atoms with Crippen molar-refractivity contribution >= 4 is 29.9 Å². The van der Waals surface area contributed by atoms with Crippen LogP contribution in [0.2, 0.25) is 0 Å². The number of nitrogens with one attached hydrogen (secondary N) is 3. The molecule has 1 aromatic rings. The molecule has 0 aliphatic carbocycles. The quantitative estimate of drug-likeness (QED) is 0.794. The minimum absolute atomic E-state index is 0. The number of rotatable bonds is 4. The van der Waals surface area contributed by atoms with Gasteiger partial charge in [0.1, 0.15) is 0 Å². The highest BCUT2D eigenvalue weighted by molar-refractivity contribution is 5.97. The number of aryl methyl sites for hydroxylation is 1. The third kappa shape index (κ3) is 4.71. The molecule has 2 amide bonds. The second-order valence-corrected chi connectivity index (χ2v) is 5.84. The Balaban J connectivity index is 0.00000242. The maximum Gasteiger partial charge on any atom is 0.251 e. The molecule has 5 nitrogen and oxygen atoms in total. The Hall–Kier alpha value is -1.59.